The molecule has 0 amide bonds. The van der Waals surface area contributed by atoms with Gasteiger partial charge in [-0.1, -0.05) is 19.9 Å². The Labute approximate surface area is 146 Å². The summed E-state index contributed by atoms with van der Waals surface area (Å²) < 4.78 is 9.96. The number of hydrogen-bond acceptors (Lipinski definition) is 6. The van der Waals surface area contributed by atoms with Crippen LogP contribution in [-0.4, -0.2) is 35.7 Å². The number of hydrogen-bond donors (Lipinski definition) is 2. The molecule has 0 aromatic heterocycles. The van der Waals surface area contributed by atoms with Gasteiger partial charge in [0, 0.05) is 6.07 Å². The number of rotatable bonds is 5. The number of esters is 1. The van der Waals surface area contributed by atoms with Gasteiger partial charge in [-0.25, -0.2) is 4.79 Å². The fourth-order valence-corrected chi connectivity index (χ4v) is 1.97. The highest BCUT2D eigenvalue weighted by Crippen LogP contribution is 2.27. The third-order valence-corrected chi connectivity index (χ3v) is 3.24. The maximum absolute atomic E-state index is 12.1. The highest BCUT2D eigenvalue weighted by molar-refractivity contribution is 6.00. The third kappa shape index (κ3) is 5.24. The molecule has 0 heterocycles. The van der Waals surface area contributed by atoms with Crippen molar-refractivity contribution in [1.29, 1.82) is 0 Å². The number of benzene rings is 2. The number of ether oxygens (including phenoxy) is 2. The fourth-order valence-electron chi connectivity index (χ4n) is 1.97. The van der Waals surface area contributed by atoms with E-state index in [-0.39, 0.29) is 23.7 Å². The van der Waals surface area contributed by atoms with Gasteiger partial charge in [-0.2, -0.15) is 0 Å². The summed E-state index contributed by atoms with van der Waals surface area (Å²) in [5, 5.41) is 19.2. The third-order valence-electron chi connectivity index (χ3n) is 3.24. The second-order valence-electron chi connectivity index (χ2n) is 4.89. The van der Waals surface area contributed by atoms with Gasteiger partial charge in [-0.15, -0.1) is 0 Å². The Hall–Kier alpha value is -3.02. The van der Waals surface area contributed by atoms with E-state index in [2.05, 4.69) is 4.74 Å². The first-order valence-electron chi connectivity index (χ1n) is 7.79. The first-order valence-corrected chi connectivity index (χ1v) is 7.79. The molecule has 0 saturated heterocycles. The topological polar surface area (TPSA) is 93.1 Å². The molecule has 2 aromatic carbocycles. The maximum atomic E-state index is 12.1. The average molecular weight is 346 g/mol. The van der Waals surface area contributed by atoms with Gasteiger partial charge in [-0.3, -0.25) is 4.79 Å². The summed E-state index contributed by atoms with van der Waals surface area (Å²) in [4.78, 5) is 23.6. The summed E-state index contributed by atoms with van der Waals surface area (Å²) in [5.74, 6) is -1.03. The second kappa shape index (κ2) is 9.32. The van der Waals surface area contributed by atoms with Crippen LogP contribution in [0.4, 0.5) is 0 Å². The molecular formula is C19H22O6. The Morgan fingerprint density at radius 2 is 1.72 bits per heavy atom. The van der Waals surface area contributed by atoms with Crippen molar-refractivity contribution in [1.82, 2.24) is 0 Å². The van der Waals surface area contributed by atoms with Crippen LogP contribution in [0.2, 0.25) is 0 Å². The van der Waals surface area contributed by atoms with E-state index in [0.717, 1.165) is 6.07 Å². The van der Waals surface area contributed by atoms with Crippen molar-refractivity contribution in [2.24, 2.45) is 0 Å². The van der Waals surface area contributed by atoms with Crippen LogP contribution in [0, 0.1) is 6.92 Å². The number of carbonyl (C=O) groups is 2. The van der Waals surface area contributed by atoms with Crippen LogP contribution in [0.15, 0.2) is 36.4 Å². The van der Waals surface area contributed by atoms with Gasteiger partial charge in [0.25, 0.3) is 0 Å². The fraction of sp³-hybridized carbons (Fsp3) is 0.263. The smallest absolute Gasteiger partial charge is 0.337 e. The molecule has 0 aliphatic rings. The lowest BCUT2D eigenvalue weighted by molar-refractivity contribution is 0.0600. The van der Waals surface area contributed by atoms with Crippen LogP contribution in [0.25, 0.3) is 0 Å². The van der Waals surface area contributed by atoms with E-state index in [4.69, 9.17) is 4.74 Å². The van der Waals surface area contributed by atoms with Crippen LogP contribution in [0.1, 0.15) is 40.1 Å². The van der Waals surface area contributed by atoms with Crippen LogP contribution < -0.4 is 4.74 Å². The molecule has 0 saturated carbocycles. The van der Waals surface area contributed by atoms with E-state index in [1.165, 1.54) is 19.2 Å². The molecule has 134 valence electrons. The van der Waals surface area contributed by atoms with Crippen molar-refractivity contribution in [2.75, 3.05) is 13.7 Å². The first-order chi connectivity index (χ1) is 11.9. The van der Waals surface area contributed by atoms with Crippen molar-refractivity contribution in [3.8, 4) is 17.2 Å². The molecule has 0 radical (unpaired) electrons. The standard InChI is InChI=1S/C17H16O6.C2H6/c1-10-6-13(15(19)8-14(10)18)16(20)9-23-12-5-3-4-11(7-12)17(21)22-2;1-2/h3-8,18-19H,9H2,1-2H3;1-2H3. The molecule has 0 bridgehead atoms. The van der Waals surface area contributed by atoms with Crippen molar-refractivity contribution in [3.63, 3.8) is 0 Å². The first kappa shape index (κ1) is 20.0. The van der Waals surface area contributed by atoms with Crippen LogP contribution >= 0.6 is 0 Å². The Morgan fingerprint density at radius 1 is 1.04 bits per heavy atom. The number of aromatic hydroxyl groups is 2. The van der Waals surface area contributed by atoms with E-state index in [9.17, 15) is 19.8 Å². The molecule has 2 N–H and O–H groups in total. The monoisotopic (exact) mass is 346 g/mol. The number of ketones is 1. The lowest BCUT2D eigenvalue weighted by atomic mass is 10.1. The number of carbonyl (C=O) groups excluding carboxylic acids is 2. The largest absolute Gasteiger partial charge is 0.508 e. The Kier molecular flexibility index (Phi) is 7.46. The summed E-state index contributed by atoms with van der Waals surface area (Å²) in [5.41, 5.74) is 0.837. The van der Waals surface area contributed by atoms with Gasteiger partial charge in [0.05, 0.1) is 18.2 Å². The zero-order valence-electron chi connectivity index (χ0n) is 14.7. The molecule has 25 heavy (non-hydrogen) atoms. The van der Waals surface area contributed by atoms with E-state index < -0.39 is 11.8 Å². The quantitative estimate of drug-likeness (QED) is 0.636. The number of aryl methyl sites for hydroxylation is 1. The van der Waals surface area contributed by atoms with Crippen molar-refractivity contribution in [2.45, 2.75) is 20.8 Å². The molecule has 2 aromatic rings. The van der Waals surface area contributed by atoms with Crippen molar-refractivity contribution in [3.05, 3.63) is 53.1 Å². The summed E-state index contributed by atoms with van der Waals surface area (Å²) in [7, 11) is 1.27. The number of Topliss-reactive ketones (excluding diaryl/α,β-unsaturated/α-hetero) is 1. The molecule has 0 fully saturated rings. The minimum absolute atomic E-state index is 0.0597. The SMILES string of the molecule is CC.COC(=O)c1cccc(OCC(=O)c2cc(C)c(O)cc2O)c1. The molecule has 0 aliphatic carbocycles. The number of methoxy groups -OCH3 is 1. The van der Waals surface area contributed by atoms with Gasteiger partial charge < -0.3 is 19.7 Å². The number of phenolic OH excluding ortho intramolecular Hbond substituents is 2. The second-order valence-corrected chi connectivity index (χ2v) is 4.89. The van der Waals surface area contributed by atoms with E-state index in [1.807, 2.05) is 13.8 Å². The highest BCUT2D eigenvalue weighted by atomic mass is 16.5. The van der Waals surface area contributed by atoms with Gasteiger partial charge in [0.15, 0.2) is 6.61 Å². The Balaban J connectivity index is 0.00000151. The highest BCUT2D eigenvalue weighted by Gasteiger charge is 2.15. The molecule has 0 atom stereocenters. The lowest BCUT2D eigenvalue weighted by Gasteiger charge is -2.09. The molecular weight excluding hydrogens is 324 g/mol. The van der Waals surface area contributed by atoms with E-state index >= 15 is 0 Å². The molecule has 6 nitrogen and oxygen atoms in total. The van der Waals surface area contributed by atoms with Crippen LogP contribution in [-0.2, 0) is 4.74 Å². The summed E-state index contributed by atoms with van der Waals surface area (Å²) in [6, 6.07) is 8.73. The minimum Gasteiger partial charge on any atom is -0.508 e. The maximum Gasteiger partial charge on any atom is 0.337 e. The number of phenols is 2. The zero-order valence-corrected chi connectivity index (χ0v) is 14.7. The van der Waals surface area contributed by atoms with E-state index in [1.54, 1.807) is 25.1 Å². The minimum atomic E-state index is -0.506. The van der Waals surface area contributed by atoms with Crippen molar-refractivity contribution < 1.29 is 29.3 Å². The Morgan fingerprint density at radius 3 is 2.36 bits per heavy atom. The van der Waals surface area contributed by atoms with Crippen LogP contribution in [0.5, 0.6) is 17.2 Å². The Bertz CT molecular complexity index is 752. The molecule has 6 heteroatoms. The molecule has 0 spiro atoms. The van der Waals surface area contributed by atoms with Crippen molar-refractivity contribution >= 4 is 11.8 Å². The average Bonchev–Trinajstić information content (AvgIpc) is 2.64. The molecule has 0 aliphatic heterocycles. The lowest BCUT2D eigenvalue weighted by Crippen LogP contribution is -2.12. The molecule has 2 rings (SSSR count). The van der Waals surface area contributed by atoms with Gasteiger partial charge >= 0.3 is 5.97 Å². The van der Waals surface area contributed by atoms with Gasteiger partial charge in [0.1, 0.15) is 17.2 Å². The normalized spacial score (nSPS) is 9.60. The predicted molar refractivity (Wildman–Crippen MR) is 93.5 cm³/mol. The van der Waals surface area contributed by atoms with Gasteiger partial charge in [0.2, 0.25) is 5.78 Å². The summed E-state index contributed by atoms with van der Waals surface area (Å²) in [6.07, 6.45) is 0. The van der Waals surface area contributed by atoms with E-state index in [0.29, 0.717) is 16.9 Å². The molecule has 0 unspecified atom stereocenters. The van der Waals surface area contributed by atoms with Crippen LogP contribution in [0.3, 0.4) is 0 Å². The summed E-state index contributed by atoms with van der Waals surface area (Å²) in [6.45, 7) is 5.30. The predicted octanol–water partition coefficient (Wildman–Crippen LogP) is 3.48. The zero-order chi connectivity index (χ0) is 19.0. The summed E-state index contributed by atoms with van der Waals surface area (Å²) >= 11 is 0. The van der Waals surface area contributed by atoms with Gasteiger partial charge in [-0.05, 0) is 36.8 Å².